The van der Waals surface area contributed by atoms with Crippen LogP contribution in [0.25, 0.3) is 0 Å². The van der Waals surface area contributed by atoms with Gasteiger partial charge in [0, 0.05) is 31.3 Å². The number of amides is 1. The molecule has 1 aliphatic heterocycles. The minimum Gasteiger partial charge on any atom is -0.494 e. The zero-order valence-electron chi connectivity index (χ0n) is 29.1. The lowest BCUT2D eigenvalue weighted by Crippen LogP contribution is -2.50. The number of hydrogen-bond acceptors (Lipinski definition) is 13. The number of hydrogen-bond donors (Lipinski definition) is 1. The van der Waals surface area contributed by atoms with Gasteiger partial charge in [-0.3, -0.25) is 0 Å². The fourth-order valence-corrected chi connectivity index (χ4v) is 5.92. The monoisotopic (exact) mass is 705 g/mol. The third kappa shape index (κ3) is 10.0. The first-order valence-corrected chi connectivity index (χ1v) is 16.4. The van der Waals surface area contributed by atoms with Crippen LogP contribution in [0, 0.1) is 11.8 Å². The molecule has 1 fully saturated rings. The van der Waals surface area contributed by atoms with E-state index in [1.54, 1.807) is 0 Å². The normalized spacial score (nSPS) is 16.9. The summed E-state index contributed by atoms with van der Waals surface area (Å²) in [7, 11) is 5.91. The molecule has 0 saturated carbocycles. The van der Waals surface area contributed by atoms with Crippen LogP contribution in [0.4, 0.5) is 4.79 Å². The zero-order chi connectivity index (χ0) is 36.0. The van der Waals surface area contributed by atoms with Gasteiger partial charge < -0.3 is 47.9 Å². The van der Waals surface area contributed by atoms with E-state index >= 15 is 0 Å². The first-order valence-electron chi connectivity index (χ1n) is 16.4. The lowest BCUT2D eigenvalue weighted by molar-refractivity contribution is 0.0439. The van der Waals surface area contributed by atoms with E-state index in [1.165, 1.54) is 45.7 Å². The van der Waals surface area contributed by atoms with Crippen LogP contribution in [-0.4, -0.2) is 104 Å². The van der Waals surface area contributed by atoms with Gasteiger partial charge in [0.1, 0.15) is 5.75 Å². The molecule has 2 aromatic carbocycles. The van der Waals surface area contributed by atoms with E-state index in [0.717, 1.165) is 17.5 Å². The highest BCUT2D eigenvalue weighted by atomic mass is 16.5. The smallest absolute Gasteiger partial charge is 0.407 e. The second-order valence-electron chi connectivity index (χ2n) is 11.6. The number of carboxylic acid groups (broad SMARTS) is 1. The third-order valence-electron chi connectivity index (χ3n) is 8.35. The lowest BCUT2D eigenvalue weighted by atomic mass is 9.74. The Balaban J connectivity index is 1.31. The number of benzene rings is 2. The predicted molar refractivity (Wildman–Crippen MR) is 183 cm³/mol. The van der Waals surface area contributed by atoms with Crippen LogP contribution >= 0.6 is 0 Å². The Hall–Kier alpha value is -5.57. The summed E-state index contributed by atoms with van der Waals surface area (Å²) < 4.78 is 45.0. The summed E-state index contributed by atoms with van der Waals surface area (Å²) in [5.41, 5.74) is 2.09. The molecule has 0 spiro atoms. The topological polar surface area (TPSA) is 166 Å². The van der Waals surface area contributed by atoms with Gasteiger partial charge in [-0.25, -0.2) is 4.79 Å². The largest absolute Gasteiger partial charge is 0.494 e. The van der Waals surface area contributed by atoms with Gasteiger partial charge in [-0.05, 0) is 29.2 Å². The van der Waals surface area contributed by atoms with E-state index in [9.17, 15) is 9.90 Å². The number of nitrogens with zero attached hydrogens (tertiary/aromatic N) is 5. The first-order chi connectivity index (χ1) is 24.9. The molecular formula is C36H43N5O10. The molecule has 1 amide bonds. The number of piperidine rings is 1. The molecule has 3 atom stereocenters. The van der Waals surface area contributed by atoms with Gasteiger partial charge >= 0.3 is 18.1 Å². The van der Waals surface area contributed by atoms with Crippen molar-refractivity contribution in [2.24, 2.45) is 11.8 Å². The molecule has 15 heteroatoms. The van der Waals surface area contributed by atoms with Gasteiger partial charge in [0.15, 0.2) is 11.5 Å². The average molecular weight is 706 g/mol. The third-order valence-corrected chi connectivity index (χ3v) is 8.35. The summed E-state index contributed by atoms with van der Waals surface area (Å²) in [6.45, 7) is 2.25. The van der Waals surface area contributed by atoms with Crippen molar-refractivity contribution >= 4 is 6.09 Å². The minimum absolute atomic E-state index is 0.0712. The summed E-state index contributed by atoms with van der Waals surface area (Å²) in [6, 6.07) is 18.0. The van der Waals surface area contributed by atoms with Crippen LogP contribution in [-0.2, 0) is 11.3 Å². The molecule has 0 bridgehead atoms. The van der Waals surface area contributed by atoms with Gasteiger partial charge in [-0.15, -0.1) is 0 Å². The summed E-state index contributed by atoms with van der Waals surface area (Å²) in [5, 5.41) is 10.1. The molecular weight excluding hydrogens is 662 g/mol. The van der Waals surface area contributed by atoms with Gasteiger partial charge in [0.05, 0.1) is 73.9 Å². The quantitative estimate of drug-likeness (QED) is 0.141. The Bertz CT molecular complexity index is 1610. The molecule has 15 nitrogen and oxygen atoms in total. The maximum Gasteiger partial charge on any atom is 0.407 e. The Kier molecular flexibility index (Phi) is 13.3. The molecule has 0 aliphatic carbocycles. The van der Waals surface area contributed by atoms with Crippen molar-refractivity contribution in [1.82, 2.24) is 24.8 Å². The fraction of sp³-hybridized carbons (Fsp3) is 0.417. The van der Waals surface area contributed by atoms with Crippen LogP contribution in [0.3, 0.4) is 0 Å². The van der Waals surface area contributed by atoms with Crippen molar-refractivity contribution < 1.29 is 47.8 Å². The van der Waals surface area contributed by atoms with Crippen molar-refractivity contribution in [2.45, 2.75) is 18.9 Å². The molecule has 0 unspecified atom stereocenters. The molecule has 4 aromatic rings. The molecule has 0 radical (unpaired) electrons. The van der Waals surface area contributed by atoms with E-state index in [4.69, 9.17) is 37.9 Å². The Morgan fingerprint density at radius 3 is 1.82 bits per heavy atom. The second-order valence-corrected chi connectivity index (χ2v) is 11.6. The summed E-state index contributed by atoms with van der Waals surface area (Å²) >= 11 is 0. The molecule has 1 saturated heterocycles. The summed E-state index contributed by atoms with van der Waals surface area (Å²) in [5.74, 6) is 1.01. The Labute approximate surface area is 296 Å². The number of ether oxygens (including phenoxy) is 8. The Morgan fingerprint density at radius 2 is 1.31 bits per heavy atom. The van der Waals surface area contributed by atoms with Crippen LogP contribution in [0.5, 0.6) is 41.0 Å². The highest BCUT2D eigenvalue weighted by Gasteiger charge is 2.41. The van der Waals surface area contributed by atoms with Crippen molar-refractivity contribution in [3.8, 4) is 41.0 Å². The number of rotatable bonds is 18. The van der Waals surface area contributed by atoms with Crippen LogP contribution in [0.15, 0.2) is 67.0 Å². The SMILES string of the molecule is COc1cnc(OC[C@@H]2CN(C(=O)O)C[C@H](COc3ncc(OC)c(OC)n3)[C@@H]2c2ccc(OCCCOCc3ccccc3)cc2)nc1OC. The fourth-order valence-electron chi connectivity index (χ4n) is 5.92. The number of methoxy groups -OCH3 is 4. The molecule has 51 heavy (non-hydrogen) atoms. The number of aromatic nitrogens is 4. The van der Waals surface area contributed by atoms with Crippen LogP contribution in [0.1, 0.15) is 23.5 Å². The van der Waals surface area contributed by atoms with E-state index in [2.05, 4.69) is 19.9 Å². The van der Waals surface area contributed by atoms with Gasteiger partial charge in [-0.1, -0.05) is 42.5 Å². The standard InChI is InChI=1S/C36H43N5O10/c1-44-29-17-37-34(39-32(29)46-3)50-22-26-19-41(36(42)43)20-27(23-51-35-38-18-30(45-2)33(40-35)47-4)31(26)25-11-13-28(14-12-25)49-16-8-15-48-21-24-9-6-5-7-10-24/h5-7,9-14,17-18,26-27,31H,8,15-16,19-23H2,1-4H3,(H,42,43)/t26-,27+,31+. The predicted octanol–water partition coefficient (Wildman–Crippen LogP) is 4.75. The molecule has 272 valence electrons. The molecule has 1 N–H and O–H groups in total. The summed E-state index contributed by atoms with van der Waals surface area (Å²) in [4.78, 5) is 30.8. The van der Waals surface area contributed by atoms with E-state index in [-0.39, 0.29) is 67.8 Å². The van der Waals surface area contributed by atoms with E-state index in [1.807, 2.05) is 54.6 Å². The average Bonchev–Trinajstić information content (AvgIpc) is 3.17. The highest BCUT2D eigenvalue weighted by molar-refractivity contribution is 5.65. The van der Waals surface area contributed by atoms with E-state index in [0.29, 0.717) is 37.1 Å². The summed E-state index contributed by atoms with van der Waals surface area (Å²) in [6.07, 6.45) is 2.59. The molecule has 5 rings (SSSR count). The van der Waals surface area contributed by atoms with Crippen LogP contribution in [0.2, 0.25) is 0 Å². The second kappa shape index (κ2) is 18.4. The number of likely N-dealkylation sites (tertiary alicyclic amines) is 1. The van der Waals surface area contributed by atoms with Gasteiger partial charge in [0.2, 0.25) is 0 Å². The van der Waals surface area contributed by atoms with Gasteiger partial charge in [0.25, 0.3) is 11.8 Å². The van der Waals surface area contributed by atoms with Crippen molar-refractivity contribution in [3.05, 3.63) is 78.1 Å². The zero-order valence-corrected chi connectivity index (χ0v) is 29.1. The Morgan fingerprint density at radius 1 is 0.745 bits per heavy atom. The van der Waals surface area contributed by atoms with Gasteiger partial charge in [-0.2, -0.15) is 19.9 Å². The molecule has 3 heterocycles. The first kappa shape index (κ1) is 36.7. The minimum atomic E-state index is -1.05. The van der Waals surface area contributed by atoms with Crippen molar-refractivity contribution in [2.75, 3.05) is 68.0 Å². The maximum absolute atomic E-state index is 12.3. The maximum atomic E-state index is 12.3. The van der Waals surface area contributed by atoms with Crippen molar-refractivity contribution in [1.29, 1.82) is 0 Å². The van der Waals surface area contributed by atoms with E-state index < -0.39 is 6.09 Å². The lowest BCUT2D eigenvalue weighted by Gasteiger charge is -2.42. The molecule has 2 aromatic heterocycles. The highest BCUT2D eigenvalue weighted by Crippen LogP contribution is 2.39. The van der Waals surface area contributed by atoms with Crippen LogP contribution < -0.4 is 33.2 Å². The molecule has 1 aliphatic rings. The number of carbonyl (C=O) groups is 1. The van der Waals surface area contributed by atoms with Crippen molar-refractivity contribution in [3.63, 3.8) is 0 Å².